The summed E-state index contributed by atoms with van der Waals surface area (Å²) in [6.45, 7) is 3.73. The minimum atomic E-state index is -4.51. The highest BCUT2D eigenvalue weighted by atomic mass is 32.2. The molecule has 2 N–H and O–H groups in total. The van der Waals surface area contributed by atoms with Crippen LogP contribution in [-0.2, 0) is 11.9 Å². The maximum absolute atomic E-state index is 13.0. The molecule has 0 fully saturated rings. The first-order valence-electron chi connectivity index (χ1n) is 8.12. The molecule has 2 aromatic carbocycles. The molecule has 27 heavy (non-hydrogen) atoms. The topological polar surface area (TPSA) is 64.7 Å². The van der Waals surface area contributed by atoms with Gasteiger partial charge in [0.05, 0.1) is 17.9 Å². The van der Waals surface area contributed by atoms with E-state index >= 15 is 0 Å². The minimum absolute atomic E-state index is 0.0117. The van der Waals surface area contributed by atoms with E-state index in [9.17, 15) is 18.0 Å². The number of nitrogens with zero attached hydrogens (tertiary/aromatic N) is 1. The summed E-state index contributed by atoms with van der Waals surface area (Å²) in [5.41, 5.74) is 5.98. The first kappa shape index (κ1) is 20.8. The van der Waals surface area contributed by atoms with Crippen molar-refractivity contribution in [2.75, 3.05) is 6.61 Å². The summed E-state index contributed by atoms with van der Waals surface area (Å²) < 4.78 is 44.7. The number of aliphatic imine (C=N–C) groups is 1. The summed E-state index contributed by atoms with van der Waals surface area (Å²) in [7, 11) is 0. The largest absolute Gasteiger partial charge is 0.494 e. The van der Waals surface area contributed by atoms with Crippen molar-refractivity contribution in [2.45, 2.75) is 25.8 Å². The lowest BCUT2D eigenvalue weighted by Crippen LogP contribution is -2.09. The Kier molecular flexibility index (Phi) is 6.90. The van der Waals surface area contributed by atoms with E-state index in [0.29, 0.717) is 23.7 Å². The van der Waals surface area contributed by atoms with Crippen LogP contribution in [0.5, 0.6) is 5.75 Å². The van der Waals surface area contributed by atoms with E-state index in [2.05, 4.69) is 4.99 Å². The van der Waals surface area contributed by atoms with Gasteiger partial charge < -0.3 is 10.5 Å². The molecule has 0 unspecified atom stereocenters. The Morgan fingerprint density at radius 1 is 1.22 bits per heavy atom. The van der Waals surface area contributed by atoms with Crippen molar-refractivity contribution in [3.05, 3.63) is 59.2 Å². The Morgan fingerprint density at radius 3 is 2.56 bits per heavy atom. The second kappa shape index (κ2) is 8.94. The van der Waals surface area contributed by atoms with Crippen molar-refractivity contribution in [2.24, 2.45) is 10.7 Å². The number of ketones is 1. The molecule has 0 amide bonds. The monoisotopic (exact) mass is 396 g/mol. The van der Waals surface area contributed by atoms with Crippen molar-refractivity contribution >= 4 is 28.4 Å². The minimum Gasteiger partial charge on any atom is -0.494 e. The number of amidine groups is 1. The SMILES string of the molecule is CCOc1ccc(C(C)=O)cc1CSC(N)=Nc1ccccc1C(F)(F)F. The van der Waals surface area contributed by atoms with Gasteiger partial charge in [0.2, 0.25) is 0 Å². The van der Waals surface area contributed by atoms with Crippen LogP contribution in [-0.4, -0.2) is 17.6 Å². The van der Waals surface area contributed by atoms with Crippen LogP contribution in [0.3, 0.4) is 0 Å². The Labute approximate surface area is 159 Å². The highest BCUT2D eigenvalue weighted by Crippen LogP contribution is 2.36. The number of nitrogens with two attached hydrogens (primary N) is 1. The molecule has 0 bridgehead atoms. The number of para-hydroxylation sites is 1. The molecule has 0 radical (unpaired) electrons. The lowest BCUT2D eigenvalue weighted by Gasteiger charge is -2.12. The number of ether oxygens (including phenoxy) is 1. The Hall–Kier alpha value is -2.48. The number of alkyl halides is 3. The smallest absolute Gasteiger partial charge is 0.418 e. The molecule has 4 nitrogen and oxygen atoms in total. The zero-order valence-corrected chi connectivity index (χ0v) is 15.7. The van der Waals surface area contributed by atoms with Crippen LogP contribution in [0.2, 0.25) is 0 Å². The van der Waals surface area contributed by atoms with Crippen LogP contribution in [0.25, 0.3) is 0 Å². The summed E-state index contributed by atoms with van der Waals surface area (Å²) in [6.07, 6.45) is -4.51. The van der Waals surface area contributed by atoms with E-state index in [1.165, 1.54) is 25.1 Å². The molecular formula is C19H19F3N2O2S. The van der Waals surface area contributed by atoms with E-state index in [4.69, 9.17) is 10.5 Å². The molecule has 0 heterocycles. The number of hydrogen-bond donors (Lipinski definition) is 1. The van der Waals surface area contributed by atoms with Gasteiger partial charge in [0.25, 0.3) is 0 Å². The molecule has 0 atom stereocenters. The van der Waals surface area contributed by atoms with E-state index in [1.54, 1.807) is 18.2 Å². The normalized spacial score (nSPS) is 12.1. The fourth-order valence-electron chi connectivity index (χ4n) is 2.32. The zero-order chi connectivity index (χ0) is 20.0. The van der Waals surface area contributed by atoms with Crippen molar-refractivity contribution in [1.82, 2.24) is 0 Å². The van der Waals surface area contributed by atoms with Gasteiger partial charge in [-0.15, -0.1) is 0 Å². The molecule has 0 aliphatic heterocycles. The van der Waals surface area contributed by atoms with Crippen molar-refractivity contribution < 1.29 is 22.7 Å². The number of hydrogen-bond acceptors (Lipinski definition) is 4. The van der Waals surface area contributed by atoms with Crippen LogP contribution in [0.15, 0.2) is 47.5 Å². The first-order chi connectivity index (χ1) is 12.7. The highest BCUT2D eigenvalue weighted by Gasteiger charge is 2.33. The zero-order valence-electron chi connectivity index (χ0n) is 14.8. The fourth-order valence-corrected chi connectivity index (χ4v) is 3.01. The van der Waals surface area contributed by atoms with E-state index in [0.717, 1.165) is 23.4 Å². The van der Waals surface area contributed by atoms with Crippen LogP contribution in [0.1, 0.15) is 35.3 Å². The average Bonchev–Trinajstić information content (AvgIpc) is 2.60. The Bertz CT molecular complexity index is 851. The van der Waals surface area contributed by atoms with Crippen molar-refractivity contribution in [3.8, 4) is 5.75 Å². The molecule has 0 saturated heterocycles. The Morgan fingerprint density at radius 2 is 1.93 bits per heavy atom. The highest BCUT2D eigenvalue weighted by molar-refractivity contribution is 8.13. The van der Waals surface area contributed by atoms with Gasteiger partial charge in [0, 0.05) is 16.9 Å². The molecule has 0 spiro atoms. The molecule has 0 aliphatic rings. The van der Waals surface area contributed by atoms with Crippen LogP contribution < -0.4 is 10.5 Å². The molecule has 0 aromatic heterocycles. The summed E-state index contributed by atoms with van der Waals surface area (Å²) in [6, 6.07) is 10.0. The number of carbonyl (C=O) groups is 1. The predicted molar refractivity (Wildman–Crippen MR) is 102 cm³/mol. The van der Waals surface area contributed by atoms with Gasteiger partial charge in [-0.1, -0.05) is 23.9 Å². The lowest BCUT2D eigenvalue weighted by molar-refractivity contribution is -0.137. The maximum Gasteiger partial charge on any atom is 0.418 e. The van der Waals surface area contributed by atoms with E-state index in [1.807, 2.05) is 6.92 Å². The number of rotatable bonds is 6. The molecule has 144 valence electrons. The quantitative estimate of drug-likeness (QED) is 0.415. The average molecular weight is 396 g/mol. The molecule has 0 saturated carbocycles. The molecular weight excluding hydrogens is 377 g/mol. The number of thioether (sulfide) groups is 1. The number of Topliss-reactive ketones (excluding diaryl/α,β-unsaturated/α-hetero) is 1. The van der Waals surface area contributed by atoms with Crippen LogP contribution in [0.4, 0.5) is 18.9 Å². The summed E-state index contributed by atoms with van der Waals surface area (Å²) in [5, 5.41) is -0.0117. The van der Waals surface area contributed by atoms with E-state index < -0.39 is 11.7 Å². The standard InChI is InChI=1S/C19H19F3N2O2S/c1-3-26-17-9-8-13(12(2)25)10-14(17)11-27-18(23)24-16-7-5-4-6-15(16)19(20,21)22/h4-10H,3,11H2,1-2H3,(H2,23,24). The number of carbonyl (C=O) groups excluding carboxylic acids is 1. The van der Waals surface area contributed by atoms with Gasteiger partial charge in [-0.2, -0.15) is 13.2 Å². The number of halogens is 3. The van der Waals surface area contributed by atoms with Gasteiger partial charge >= 0.3 is 6.18 Å². The third-order valence-corrected chi connectivity index (χ3v) is 4.42. The maximum atomic E-state index is 13.0. The number of benzene rings is 2. The Balaban J connectivity index is 2.23. The summed E-state index contributed by atoms with van der Waals surface area (Å²) >= 11 is 1.07. The van der Waals surface area contributed by atoms with Gasteiger partial charge in [0.15, 0.2) is 11.0 Å². The lowest BCUT2D eigenvalue weighted by atomic mass is 10.1. The first-order valence-corrected chi connectivity index (χ1v) is 9.10. The summed E-state index contributed by atoms with van der Waals surface area (Å²) in [5.74, 6) is 0.809. The van der Waals surface area contributed by atoms with Crippen LogP contribution in [0, 0.1) is 0 Å². The van der Waals surface area contributed by atoms with Gasteiger partial charge in [-0.3, -0.25) is 4.79 Å². The third-order valence-electron chi connectivity index (χ3n) is 3.58. The van der Waals surface area contributed by atoms with Crippen molar-refractivity contribution in [1.29, 1.82) is 0 Å². The van der Waals surface area contributed by atoms with E-state index in [-0.39, 0.29) is 16.6 Å². The van der Waals surface area contributed by atoms with Gasteiger partial charge in [-0.05, 0) is 44.2 Å². The molecule has 0 aliphatic carbocycles. The predicted octanol–water partition coefficient (Wildman–Crippen LogP) is 5.19. The molecule has 8 heteroatoms. The van der Waals surface area contributed by atoms with Crippen LogP contribution >= 0.6 is 11.8 Å². The van der Waals surface area contributed by atoms with Gasteiger partial charge in [0.1, 0.15) is 5.75 Å². The van der Waals surface area contributed by atoms with Crippen molar-refractivity contribution in [3.63, 3.8) is 0 Å². The fraction of sp³-hybridized carbons (Fsp3) is 0.263. The molecule has 2 aromatic rings. The van der Waals surface area contributed by atoms with Gasteiger partial charge in [-0.25, -0.2) is 4.99 Å². The summed E-state index contributed by atoms with van der Waals surface area (Å²) in [4.78, 5) is 15.5. The molecule has 2 rings (SSSR count). The second-order valence-electron chi connectivity index (χ2n) is 5.57. The third kappa shape index (κ3) is 5.75. The second-order valence-corrected chi connectivity index (χ2v) is 6.56.